The molecule has 0 spiro atoms. The largest absolute Gasteiger partial charge is 0.494 e. The second-order valence-corrected chi connectivity index (χ2v) is 4.49. The predicted molar refractivity (Wildman–Crippen MR) is 74.1 cm³/mol. The molecule has 2 nitrogen and oxygen atoms in total. The lowest BCUT2D eigenvalue weighted by molar-refractivity contribution is 0.319. The van der Waals surface area contributed by atoms with Crippen LogP contribution in [0.5, 0.6) is 5.75 Å². The monoisotopic (exact) mass is 289 g/mol. The molecule has 0 heterocycles. The van der Waals surface area contributed by atoms with Crippen LogP contribution in [0.4, 0.5) is 5.69 Å². The van der Waals surface area contributed by atoms with Crippen LogP contribution in [0, 0.1) is 6.57 Å². The van der Waals surface area contributed by atoms with Crippen LogP contribution in [0.25, 0.3) is 15.6 Å². The van der Waals surface area contributed by atoms with Gasteiger partial charge in [0.2, 0.25) is 0 Å². The Labute approximate surface area is 109 Å². The lowest BCUT2D eigenvalue weighted by atomic mass is 10.1. The van der Waals surface area contributed by atoms with Crippen molar-refractivity contribution < 1.29 is 4.74 Å². The number of nitrogens with zero attached hydrogens (tertiary/aromatic N) is 1. The van der Waals surface area contributed by atoms with Gasteiger partial charge in [-0.25, -0.2) is 4.85 Å². The molecule has 0 bridgehead atoms. The molecule has 0 saturated carbocycles. The summed E-state index contributed by atoms with van der Waals surface area (Å²) in [6, 6.07) is 11.6. The number of alkyl halides is 1. The van der Waals surface area contributed by atoms with Crippen LogP contribution in [-0.4, -0.2) is 11.9 Å². The quantitative estimate of drug-likeness (QED) is 0.457. The fraction of sp³-hybridized carbons (Fsp3) is 0.214. The van der Waals surface area contributed by atoms with Crippen LogP contribution >= 0.6 is 15.9 Å². The SMILES string of the molecule is [C-]#[N+]c1ccc2cc(OCCCBr)ccc2c1. The van der Waals surface area contributed by atoms with Crippen molar-refractivity contribution in [2.75, 3.05) is 11.9 Å². The minimum atomic E-state index is 0.672. The summed E-state index contributed by atoms with van der Waals surface area (Å²) >= 11 is 3.37. The van der Waals surface area contributed by atoms with E-state index in [9.17, 15) is 0 Å². The maximum atomic E-state index is 6.97. The first kappa shape index (κ1) is 11.9. The van der Waals surface area contributed by atoms with Crippen LogP contribution in [0.3, 0.4) is 0 Å². The highest BCUT2D eigenvalue weighted by Gasteiger charge is 1.99. The summed E-state index contributed by atoms with van der Waals surface area (Å²) in [5.41, 5.74) is 0.672. The van der Waals surface area contributed by atoms with Gasteiger partial charge in [-0.15, -0.1) is 0 Å². The lowest BCUT2D eigenvalue weighted by Crippen LogP contribution is -1.97. The van der Waals surface area contributed by atoms with E-state index in [1.807, 2.05) is 36.4 Å². The smallest absolute Gasteiger partial charge is 0.187 e. The molecule has 2 aromatic rings. The van der Waals surface area contributed by atoms with E-state index in [2.05, 4.69) is 20.8 Å². The van der Waals surface area contributed by atoms with Crippen LogP contribution in [0.1, 0.15) is 6.42 Å². The highest BCUT2D eigenvalue weighted by atomic mass is 79.9. The molecule has 3 heteroatoms. The first-order valence-corrected chi connectivity index (χ1v) is 6.55. The van der Waals surface area contributed by atoms with E-state index in [1.165, 1.54) is 0 Å². The molecule has 0 radical (unpaired) electrons. The van der Waals surface area contributed by atoms with Gasteiger partial charge < -0.3 is 4.74 Å². The van der Waals surface area contributed by atoms with Crippen LogP contribution in [0.2, 0.25) is 0 Å². The van der Waals surface area contributed by atoms with Crippen molar-refractivity contribution in [1.29, 1.82) is 0 Å². The number of rotatable bonds is 4. The fourth-order valence-corrected chi connectivity index (χ4v) is 1.84. The zero-order valence-corrected chi connectivity index (χ0v) is 10.9. The first-order chi connectivity index (χ1) is 8.33. The second kappa shape index (κ2) is 5.70. The molecule has 0 aliphatic rings. The van der Waals surface area contributed by atoms with Gasteiger partial charge in [0, 0.05) is 5.33 Å². The molecule has 0 N–H and O–H groups in total. The third kappa shape index (κ3) is 2.98. The van der Waals surface area contributed by atoms with Crippen molar-refractivity contribution in [2.45, 2.75) is 6.42 Å². The van der Waals surface area contributed by atoms with Crippen molar-refractivity contribution in [1.82, 2.24) is 0 Å². The topological polar surface area (TPSA) is 13.6 Å². The summed E-state index contributed by atoms with van der Waals surface area (Å²) in [5.74, 6) is 0.883. The average Bonchev–Trinajstić information content (AvgIpc) is 2.38. The van der Waals surface area contributed by atoms with Gasteiger partial charge in [0.05, 0.1) is 13.2 Å². The second-order valence-electron chi connectivity index (χ2n) is 3.70. The highest BCUT2D eigenvalue weighted by Crippen LogP contribution is 2.25. The van der Waals surface area contributed by atoms with Gasteiger partial charge in [-0.2, -0.15) is 0 Å². The van der Waals surface area contributed by atoms with Gasteiger partial charge in [-0.1, -0.05) is 34.1 Å². The summed E-state index contributed by atoms with van der Waals surface area (Å²) in [7, 11) is 0. The maximum Gasteiger partial charge on any atom is 0.187 e. The number of ether oxygens (including phenoxy) is 1. The lowest BCUT2D eigenvalue weighted by Gasteiger charge is -2.06. The van der Waals surface area contributed by atoms with Crippen LogP contribution in [0.15, 0.2) is 36.4 Å². The van der Waals surface area contributed by atoms with E-state index in [-0.39, 0.29) is 0 Å². The molecule has 0 aliphatic carbocycles. The zero-order chi connectivity index (χ0) is 12.1. The normalized spacial score (nSPS) is 10.1. The van der Waals surface area contributed by atoms with Crippen molar-refractivity contribution in [3.8, 4) is 5.75 Å². The van der Waals surface area contributed by atoms with E-state index in [0.29, 0.717) is 5.69 Å². The van der Waals surface area contributed by atoms with Crippen molar-refractivity contribution in [3.63, 3.8) is 0 Å². The van der Waals surface area contributed by atoms with E-state index < -0.39 is 0 Å². The standard InChI is InChI=1S/C14H12BrNO/c1-16-13-5-3-12-10-14(17-8-2-7-15)6-4-11(12)9-13/h3-6,9-10H,2,7-8H2. The van der Waals surface area contributed by atoms with Crippen LogP contribution in [-0.2, 0) is 0 Å². The highest BCUT2D eigenvalue weighted by molar-refractivity contribution is 9.09. The van der Waals surface area contributed by atoms with Gasteiger partial charge in [0.15, 0.2) is 5.69 Å². The summed E-state index contributed by atoms with van der Waals surface area (Å²) < 4.78 is 5.62. The minimum Gasteiger partial charge on any atom is -0.494 e. The summed E-state index contributed by atoms with van der Waals surface area (Å²) in [5, 5.41) is 3.13. The van der Waals surface area contributed by atoms with Gasteiger partial charge >= 0.3 is 0 Å². The Morgan fingerprint density at radius 1 is 1.12 bits per heavy atom. The fourth-order valence-electron chi connectivity index (χ4n) is 1.62. The number of halogens is 1. The van der Waals surface area contributed by atoms with Gasteiger partial charge in [0.1, 0.15) is 5.75 Å². The number of benzene rings is 2. The van der Waals surface area contributed by atoms with Gasteiger partial charge in [0.25, 0.3) is 0 Å². The van der Waals surface area contributed by atoms with Crippen molar-refractivity contribution in [3.05, 3.63) is 47.8 Å². The molecule has 86 valence electrons. The van der Waals surface area contributed by atoms with Gasteiger partial charge in [-0.3, -0.25) is 0 Å². The summed E-state index contributed by atoms with van der Waals surface area (Å²) in [4.78, 5) is 3.42. The Morgan fingerprint density at radius 2 is 1.88 bits per heavy atom. The Hall–Kier alpha value is -1.53. The van der Waals surface area contributed by atoms with E-state index in [1.54, 1.807) is 0 Å². The van der Waals surface area contributed by atoms with Crippen LogP contribution < -0.4 is 4.74 Å². The molecule has 0 unspecified atom stereocenters. The number of hydrogen-bond donors (Lipinski definition) is 0. The summed E-state index contributed by atoms with van der Waals surface area (Å²) in [6.45, 7) is 7.69. The average molecular weight is 290 g/mol. The molecular formula is C14H12BrNO. The van der Waals surface area contributed by atoms with Crippen molar-refractivity contribution in [2.24, 2.45) is 0 Å². The molecular weight excluding hydrogens is 278 g/mol. The minimum absolute atomic E-state index is 0.672. The number of fused-ring (bicyclic) bond motifs is 1. The third-order valence-corrected chi connectivity index (χ3v) is 3.03. The molecule has 2 aromatic carbocycles. The Morgan fingerprint density at radius 3 is 2.65 bits per heavy atom. The maximum absolute atomic E-state index is 6.97. The molecule has 2 rings (SSSR count). The molecule has 17 heavy (non-hydrogen) atoms. The molecule has 0 aliphatic heterocycles. The Balaban J connectivity index is 2.23. The number of hydrogen-bond acceptors (Lipinski definition) is 1. The third-order valence-electron chi connectivity index (χ3n) is 2.47. The van der Waals surface area contributed by atoms with E-state index in [4.69, 9.17) is 11.3 Å². The molecule has 0 saturated heterocycles. The van der Waals surface area contributed by atoms with E-state index >= 15 is 0 Å². The Kier molecular flexibility index (Phi) is 4.00. The van der Waals surface area contributed by atoms with E-state index in [0.717, 1.165) is 34.9 Å². The molecule has 0 fully saturated rings. The predicted octanol–water partition coefficient (Wildman–Crippen LogP) is 4.55. The Bertz CT molecular complexity index is 560. The first-order valence-electron chi connectivity index (χ1n) is 5.43. The zero-order valence-electron chi connectivity index (χ0n) is 9.32. The van der Waals surface area contributed by atoms with Gasteiger partial charge in [-0.05, 0) is 35.4 Å². The molecule has 0 aromatic heterocycles. The molecule has 0 amide bonds. The summed E-state index contributed by atoms with van der Waals surface area (Å²) in [6.07, 6.45) is 0.995. The molecule has 0 atom stereocenters. The van der Waals surface area contributed by atoms with Crippen molar-refractivity contribution >= 4 is 32.4 Å².